The van der Waals surface area contributed by atoms with Crippen LogP contribution in [0.1, 0.15) is 19.3 Å². The maximum Gasteiger partial charge on any atom is 0.119 e. The molecule has 1 fully saturated rings. The molecule has 0 aromatic heterocycles. The van der Waals surface area contributed by atoms with Gasteiger partial charge in [0.25, 0.3) is 0 Å². The molecule has 1 unspecified atom stereocenters. The fourth-order valence-electron chi connectivity index (χ4n) is 2.21. The maximum atomic E-state index is 6.18. The first kappa shape index (κ1) is 12.4. The van der Waals surface area contributed by atoms with Gasteiger partial charge in [-0.2, -0.15) is 0 Å². The molecular weight excluding hydrogens is 214 g/mol. The molecule has 0 saturated carbocycles. The summed E-state index contributed by atoms with van der Waals surface area (Å²) in [4.78, 5) is 0. The molecule has 3 heteroatoms. The molecule has 17 heavy (non-hydrogen) atoms. The van der Waals surface area contributed by atoms with E-state index in [1.807, 2.05) is 30.3 Å². The molecule has 1 heterocycles. The Hall–Kier alpha value is -1.06. The quantitative estimate of drug-likeness (QED) is 0.851. The van der Waals surface area contributed by atoms with Gasteiger partial charge in [-0.15, -0.1) is 0 Å². The first-order chi connectivity index (χ1) is 8.36. The molecule has 1 aliphatic heterocycles. The van der Waals surface area contributed by atoms with Gasteiger partial charge in [-0.05, 0) is 37.3 Å². The summed E-state index contributed by atoms with van der Waals surface area (Å²) in [5, 5.41) is 0. The largest absolute Gasteiger partial charge is 0.494 e. The standard InChI is InChI=1S/C14H21NO2/c15-14(12-6-9-16-10-7-12)8-11-17-13-4-2-1-3-5-13/h1-5,12,14H,6-11,15H2. The summed E-state index contributed by atoms with van der Waals surface area (Å²) in [5.41, 5.74) is 6.18. The zero-order valence-electron chi connectivity index (χ0n) is 10.2. The van der Waals surface area contributed by atoms with Crippen LogP contribution in [0.5, 0.6) is 5.75 Å². The first-order valence-electron chi connectivity index (χ1n) is 6.37. The minimum Gasteiger partial charge on any atom is -0.494 e. The third kappa shape index (κ3) is 4.02. The molecule has 3 nitrogen and oxygen atoms in total. The minimum absolute atomic E-state index is 0.239. The van der Waals surface area contributed by atoms with E-state index in [-0.39, 0.29) is 6.04 Å². The van der Waals surface area contributed by atoms with Crippen LogP contribution < -0.4 is 10.5 Å². The highest BCUT2D eigenvalue weighted by Gasteiger charge is 2.20. The Balaban J connectivity index is 1.67. The summed E-state index contributed by atoms with van der Waals surface area (Å²) < 4.78 is 11.0. The van der Waals surface area contributed by atoms with Gasteiger partial charge >= 0.3 is 0 Å². The lowest BCUT2D eigenvalue weighted by Crippen LogP contribution is -2.35. The number of ether oxygens (including phenoxy) is 2. The highest BCUT2D eigenvalue weighted by atomic mass is 16.5. The zero-order valence-corrected chi connectivity index (χ0v) is 10.2. The van der Waals surface area contributed by atoms with Crippen molar-refractivity contribution in [3.63, 3.8) is 0 Å². The van der Waals surface area contributed by atoms with Crippen molar-refractivity contribution in [3.05, 3.63) is 30.3 Å². The van der Waals surface area contributed by atoms with Crippen LogP contribution in [0.4, 0.5) is 0 Å². The zero-order chi connectivity index (χ0) is 11.9. The van der Waals surface area contributed by atoms with Crippen molar-refractivity contribution in [2.24, 2.45) is 11.7 Å². The van der Waals surface area contributed by atoms with Crippen molar-refractivity contribution in [3.8, 4) is 5.75 Å². The van der Waals surface area contributed by atoms with Gasteiger partial charge in [0.2, 0.25) is 0 Å². The second-order valence-corrected chi connectivity index (χ2v) is 4.56. The van der Waals surface area contributed by atoms with Gasteiger partial charge in [0, 0.05) is 19.3 Å². The molecule has 0 spiro atoms. The van der Waals surface area contributed by atoms with Gasteiger partial charge in [0.1, 0.15) is 5.75 Å². The van der Waals surface area contributed by atoms with Gasteiger partial charge in [0.05, 0.1) is 6.61 Å². The van der Waals surface area contributed by atoms with E-state index < -0.39 is 0 Å². The lowest BCUT2D eigenvalue weighted by Gasteiger charge is -2.27. The summed E-state index contributed by atoms with van der Waals surface area (Å²) in [7, 11) is 0. The fourth-order valence-corrected chi connectivity index (χ4v) is 2.21. The van der Waals surface area contributed by atoms with Crippen molar-refractivity contribution in [2.45, 2.75) is 25.3 Å². The van der Waals surface area contributed by atoms with Gasteiger partial charge < -0.3 is 15.2 Å². The molecule has 1 saturated heterocycles. The number of hydrogen-bond donors (Lipinski definition) is 1. The van der Waals surface area contributed by atoms with Crippen molar-refractivity contribution in [2.75, 3.05) is 19.8 Å². The van der Waals surface area contributed by atoms with Crippen LogP contribution in [-0.2, 0) is 4.74 Å². The van der Waals surface area contributed by atoms with Gasteiger partial charge in [-0.1, -0.05) is 18.2 Å². The van der Waals surface area contributed by atoms with Crippen LogP contribution in [0.3, 0.4) is 0 Å². The Morgan fingerprint density at radius 1 is 1.24 bits per heavy atom. The second-order valence-electron chi connectivity index (χ2n) is 4.56. The highest BCUT2D eigenvalue weighted by Crippen LogP contribution is 2.19. The Kier molecular flexibility index (Phi) is 4.83. The van der Waals surface area contributed by atoms with E-state index >= 15 is 0 Å². The average molecular weight is 235 g/mol. The topological polar surface area (TPSA) is 44.5 Å². The summed E-state index contributed by atoms with van der Waals surface area (Å²) in [6.45, 7) is 2.42. The van der Waals surface area contributed by atoms with Crippen LogP contribution in [-0.4, -0.2) is 25.9 Å². The van der Waals surface area contributed by atoms with Gasteiger partial charge in [0.15, 0.2) is 0 Å². The molecule has 1 aromatic rings. The molecule has 2 N–H and O–H groups in total. The normalized spacial score (nSPS) is 18.9. The van der Waals surface area contributed by atoms with E-state index in [9.17, 15) is 0 Å². The highest BCUT2D eigenvalue weighted by molar-refractivity contribution is 5.20. The fraction of sp³-hybridized carbons (Fsp3) is 0.571. The maximum absolute atomic E-state index is 6.18. The SMILES string of the molecule is NC(CCOc1ccccc1)C1CCOCC1. The third-order valence-electron chi connectivity index (χ3n) is 3.33. The molecule has 94 valence electrons. The van der Waals surface area contributed by atoms with E-state index in [0.29, 0.717) is 12.5 Å². The predicted molar refractivity (Wildman–Crippen MR) is 68.1 cm³/mol. The van der Waals surface area contributed by atoms with E-state index in [1.165, 1.54) is 0 Å². The number of nitrogens with two attached hydrogens (primary N) is 1. The first-order valence-corrected chi connectivity index (χ1v) is 6.37. The van der Waals surface area contributed by atoms with Crippen LogP contribution in [0.25, 0.3) is 0 Å². The molecule has 1 aliphatic rings. The molecule has 1 atom stereocenters. The van der Waals surface area contributed by atoms with Crippen molar-refractivity contribution >= 4 is 0 Å². The van der Waals surface area contributed by atoms with E-state index in [1.54, 1.807) is 0 Å². The summed E-state index contributed by atoms with van der Waals surface area (Å²) in [6, 6.07) is 10.1. The van der Waals surface area contributed by atoms with Crippen LogP contribution in [0.15, 0.2) is 30.3 Å². The molecule has 0 amide bonds. The van der Waals surface area contributed by atoms with Crippen molar-refractivity contribution in [1.82, 2.24) is 0 Å². The number of rotatable bonds is 5. The van der Waals surface area contributed by atoms with Crippen LogP contribution in [0.2, 0.25) is 0 Å². The Bertz CT molecular complexity index is 309. The number of hydrogen-bond acceptors (Lipinski definition) is 3. The van der Waals surface area contributed by atoms with E-state index in [0.717, 1.165) is 38.2 Å². The monoisotopic (exact) mass is 235 g/mol. The predicted octanol–water partition coefficient (Wildman–Crippen LogP) is 2.21. The number of para-hydroxylation sites is 1. The molecule has 0 aliphatic carbocycles. The van der Waals surface area contributed by atoms with Crippen molar-refractivity contribution in [1.29, 1.82) is 0 Å². The molecule has 0 radical (unpaired) electrons. The Labute approximate surface area is 103 Å². The summed E-state index contributed by atoms with van der Waals surface area (Å²) >= 11 is 0. The second kappa shape index (κ2) is 6.62. The summed E-state index contributed by atoms with van der Waals surface area (Å²) in [5.74, 6) is 1.52. The van der Waals surface area contributed by atoms with Crippen LogP contribution in [0, 0.1) is 5.92 Å². The molecule has 1 aromatic carbocycles. The Morgan fingerprint density at radius 2 is 1.94 bits per heavy atom. The van der Waals surface area contributed by atoms with Crippen LogP contribution >= 0.6 is 0 Å². The van der Waals surface area contributed by atoms with E-state index in [4.69, 9.17) is 15.2 Å². The van der Waals surface area contributed by atoms with Crippen molar-refractivity contribution < 1.29 is 9.47 Å². The molecule has 0 bridgehead atoms. The molecule has 2 rings (SSSR count). The smallest absolute Gasteiger partial charge is 0.119 e. The number of benzene rings is 1. The average Bonchev–Trinajstić information content (AvgIpc) is 2.41. The lowest BCUT2D eigenvalue weighted by atomic mass is 9.91. The van der Waals surface area contributed by atoms with E-state index in [2.05, 4.69) is 0 Å². The Morgan fingerprint density at radius 3 is 2.65 bits per heavy atom. The molecular formula is C14H21NO2. The van der Waals surface area contributed by atoms with Gasteiger partial charge in [-0.25, -0.2) is 0 Å². The lowest BCUT2D eigenvalue weighted by molar-refractivity contribution is 0.0558. The van der Waals surface area contributed by atoms with Gasteiger partial charge in [-0.3, -0.25) is 0 Å². The summed E-state index contributed by atoms with van der Waals surface area (Å²) in [6.07, 6.45) is 3.10. The third-order valence-corrected chi connectivity index (χ3v) is 3.33. The minimum atomic E-state index is 0.239.